The van der Waals surface area contributed by atoms with E-state index < -0.39 is 0 Å². The van der Waals surface area contributed by atoms with E-state index in [1.54, 1.807) is 13.2 Å². The number of nitrogens with zero attached hydrogens (tertiary/aromatic N) is 1. The van der Waals surface area contributed by atoms with Gasteiger partial charge in [0.2, 0.25) is 0 Å². The number of rotatable bonds is 4. The number of carbonyl (C=O) groups excluding carboxylic acids is 1. The van der Waals surface area contributed by atoms with Crippen molar-refractivity contribution in [3.8, 4) is 16.9 Å². The van der Waals surface area contributed by atoms with E-state index >= 15 is 0 Å². The number of esters is 1. The lowest BCUT2D eigenvalue weighted by Crippen LogP contribution is -2.33. The van der Waals surface area contributed by atoms with Gasteiger partial charge in [0, 0.05) is 36.5 Å². The number of fused-ring (bicyclic) bond motifs is 3. The van der Waals surface area contributed by atoms with Crippen molar-refractivity contribution in [2.24, 2.45) is 0 Å². The first kappa shape index (κ1) is 18.6. The minimum Gasteiger partial charge on any atom is -0.497 e. The van der Waals surface area contributed by atoms with Crippen LogP contribution in [0.3, 0.4) is 0 Å². The predicted molar refractivity (Wildman–Crippen MR) is 112 cm³/mol. The Balaban J connectivity index is 1.81. The van der Waals surface area contributed by atoms with Crippen molar-refractivity contribution in [2.45, 2.75) is 18.9 Å². The van der Waals surface area contributed by atoms with E-state index in [9.17, 15) is 4.79 Å². The summed E-state index contributed by atoms with van der Waals surface area (Å²) < 4.78 is 10.2. The van der Waals surface area contributed by atoms with Crippen LogP contribution in [0.15, 0.2) is 42.5 Å². The molecule has 0 spiro atoms. The third-order valence-corrected chi connectivity index (χ3v) is 5.64. The highest BCUT2D eigenvalue weighted by Gasteiger charge is 2.32. The fourth-order valence-electron chi connectivity index (χ4n) is 4.28. The summed E-state index contributed by atoms with van der Waals surface area (Å²) in [5.41, 5.74) is 5.97. The van der Waals surface area contributed by atoms with Crippen LogP contribution in [0, 0.1) is 0 Å². The molecule has 1 fully saturated rings. The van der Waals surface area contributed by atoms with E-state index in [1.165, 1.54) is 30.0 Å². The van der Waals surface area contributed by atoms with Gasteiger partial charge in [-0.1, -0.05) is 24.3 Å². The number of anilines is 1. The molecule has 1 unspecified atom stereocenters. The van der Waals surface area contributed by atoms with Crippen LogP contribution in [0.1, 0.15) is 17.5 Å². The Bertz CT molecular complexity index is 907. The van der Waals surface area contributed by atoms with Crippen LogP contribution in [-0.2, 0) is 16.0 Å². The maximum absolute atomic E-state index is 11.6. The third kappa shape index (κ3) is 3.50. The Morgan fingerprint density at radius 1 is 1.18 bits per heavy atom. The average molecular weight is 378 g/mol. The fourth-order valence-corrected chi connectivity index (χ4v) is 4.28. The molecule has 2 aliphatic heterocycles. The summed E-state index contributed by atoms with van der Waals surface area (Å²) in [6, 6.07) is 13.1. The molecule has 2 aromatic carbocycles. The smallest absolute Gasteiger partial charge is 0.330 e. The van der Waals surface area contributed by atoms with E-state index in [2.05, 4.69) is 34.5 Å². The van der Waals surface area contributed by atoms with Gasteiger partial charge >= 0.3 is 5.97 Å². The summed E-state index contributed by atoms with van der Waals surface area (Å²) in [6.07, 6.45) is 5.51. The molecule has 2 aliphatic rings. The fraction of sp³-hybridized carbons (Fsp3) is 0.348. The highest BCUT2D eigenvalue weighted by atomic mass is 16.5. The summed E-state index contributed by atoms with van der Waals surface area (Å²) in [4.78, 5) is 14.2. The van der Waals surface area contributed by atoms with Crippen molar-refractivity contribution < 1.29 is 14.3 Å². The number of carbonyl (C=O) groups is 1. The van der Waals surface area contributed by atoms with Gasteiger partial charge in [-0.15, -0.1) is 0 Å². The molecule has 0 amide bonds. The zero-order chi connectivity index (χ0) is 19.5. The van der Waals surface area contributed by atoms with E-state index in [0.29, 0.717) is 6.04 Å². The Hall–Kier alpha value is -2.79. The van der Waals surface area contributed by atoms with Crippen molar-refractivity contribution >= 4 is 17.7 Å². The zero-order valence-corrected chi connectivity index (χ0v) is 16.4. The second-order valence-corrected chi connectivity index (χ2v) is 7.21. The van der Waals surface area contributed by atoms with Gasteiger partial charge in [0.05, 0.1) is 14.2 Å². The number of hydrogen-bond acceptors (Lipinski definition) is 5. The molecule has 28 heavy (non-hydrogen) atoms. The first-order valence-corrected chi connectivity index (χ1v) is 9.75. The summed E-state index contributed by atoms with van der Waals surface area (Å²) in [5.74, 6) is 0.392. The highest BCUT2D eigenvalue weighted by Crippen LogP contribution is 2.43. The molecule has 1 N–H and O–H groups in total. The van der Waals surface area contributed by atoms with Crippen molar-refractivity contribution in [2.75, 3.05) is 38.8 Å². The highest BCUT2D eigenvalue weighted by molar-refractivity contribution is 5.92. The van der Waals surface area contributed by atoms with Crippen LogP contribution in [0.4, 0.5) is 5.69 Å². The van der Waals surface area contributed by atoms with Crippen LogP contribution in [0.2, 0.25) is 0 Å². The predicted octanol–water partition coefficient (Wildman–Crippen LogP) is 3.27. The van der Waals surface area contributed by atoms with Gasteiger partial charge in [0.15, 0.2) is 0 Å². The van der Waals surface area contributed by atoms with E-state index in [0.717, 1.165) is 49.4 Å². The molecule has 1 atom stereocenters. The molecule has 0 saturated carbocycles. The Labute approximate surface area is 165 Å². The number of hydrogen-bond donors (Lipinski definition) is 1. The van der Waals surface area contributed by atoms with Crippen molar-refractivity contribution in [3.63, 3.8) is 0 Å². The van der Waals surface area contributed by atoms with E-state index in [-0.39, 0.29) is 5.97 Å². The van der Waals surface area contributed by atoms with Crippen LogP contribution in [0.25, 0.3) is 17.2 Å². The molecular formula is C23H26N2O3. The molecule has 2 heterocycles. The topological polar surface area (TPSA) is 50.8 Å². The molecule has 0 radical (unpaired) electrons. The molecule has 2 aromatic rings. The summed E-state index contributed by atoms with van der Waals surface area (Å²) in [5, 5.41) is 3.51. The molecule has 146 valence electrons. The molecule has 5 nitrogen and oxygen atoms in total. The molecular weight excluding hydrogens is 352 g/mol. The van der Waals surface area contributed by atoms with Crippen molar-refractivity contribution in [1.82, 2.24) is 5.32 Å². The lowest BCUT2D eigenvalue weighted by molar-refractivity contribution is -0.134. The standard InChI is InChI=1S/C23H26N2O3/c1-27-19-7-8-20(16(15-19)6-9-22(26)28-2)21-5-3-4-17-14-18-10-11-24-12-13-25(18)23(17)21/h3-9,15,18,24H,10-14H2,1-2H3/b9-6+. The van der Waals surface area contributed by atoms with Crippen LogP contribution >= 0.6 is 0 Å². The van der Waals surface area contributed by atoms with E-state index in [1.807, 2.05) is 12.1 Å². The summed E-state index contributed by atoms with van der Waals surface area (Å²) in [6.45, 7) is 3.08. The quantitative estimate of drug-likeness (QED) is 0.654. The molecule has 5 heteroatoms. The maximum atomic E-state index is 11.6. The minimum atomic E-state index is -0.370. The molecule has 4 rings (SSSR count). The van der Waals surface area contributed by atoms with Crippen LogP contribution in [0.5, 0.6) is 5.75 Å². The second-order valence-electron chi connectivity index (χ2n) is 7.21. The van der Waals surface area contributed by atoms with Crippen molar-refractivity contribution in [1.29, 1.82) is 0 Å². The van der Waals surface area contributed by atoms with Crippen LogP contribution < -0.4 is 15.0 Å². The van der Waals surface area contributed by atoms with Crippen LogP contribution in [-0.4, -0.2) is 45.9 Å². The lowest BCUT2D eigenvalue weighted by Gasteiger charge is -2.27. The van der Waals surface area contributed by atoms with Gasteiger partial charge in [-0.05, 0) is 54.3 Å². The minimum absolute atomic E-state index is 0.370. The number of para-hydroxylation sites is 1. The SMILES string of the molecule is COC(=O)/C=C/c1cc(OC)ccc1-c1cccc2c1N1CCNCCC1C2. The molecule has 0 aromatic heterocycles. The molecule has 0 aliphatic carbocycles. The number of benzene rings is 2. The summed E-state index contributed by atoms with van der Waals surface area (Å²) in [7, 11) is 3.04. The van der Waals surface area contributed by atoms with Gasteiger partial charge in [-0.25, -0.2) is 4.79 Å². The van der Waals surface area contributed by atoms with Crippen molar-refractivity contribution in [3.05, 3.63) is 53.6 Å². The Morgan fingerprint density at radius 2 is 2.07 bits per heavy atom. The van der Waals surface area contributed by atoms with Gasteiger partial charge in [-0.3, -0.25) is 0 Å². The monoisotopic (exact) mass is 378 g/mol. The maximum Gasteiger partial charge on any atom is 0.330 e. The number of methoxy groups -OCH3 is 2. The average Bonchev–Trinajstić information content (AvgIpc) is 2.93. The van der Waals surface area contributed by atoms with Gasteiger partial charge in [0.1, 0.15) is 5.75 Å². The normalized spacial score (nSPS) is 18.5. The van der Waals surface area contributed by atoms with Gasteiger partial charge in [0.25, 0.3) is 0 Å². The van der Waals surface area contributed by atoms with E-state index in [4.69, 9.17) is 9.47 Å². The van der Waals surface area contributed by atoms with Gasteiger partial charge < -0.3 is 19.7 Å². The van der Waals surface area contributed by atoms with Gasteiger partial charge in [-0.2, -0.15) is 0 Å². The zero-order valence-electron chi connectivity index (χ0n) is 16.4. The second kappa shape index (κ2) is 8.07. The molecule has 1 saturated heterocycles. The Morgan fingerprint density at radius 3 is 2.89 bits per heavy atom. The summed E-state index contributed by atoms with van der Waals surface area (Å²) >= 11 is 0. The molecule has 0 bridgehead atoms. The largest absolute Gasteiger partial charge is 0.497 e. The third-order valence-electron chi connectivity index (χ3n) is 5.64. The number of nitrogens with one attached hydrogen (secondary N) is 1. The number of ether oxygens (including phenoxy) is 2. The first-order chi connectivity index (χ1) is 13.7. The lowest BCUT2D eigenvalue weighted by atomic mass is 9.95. The first-order valence-electron chi connectivity index (χ1n) is 9.75. The Kier molecular flexibility index (Phi) is 5.35.